The monoisotopic (exact) mass is 230 g/mol. The van der Waals surface area contributed by atoms with E-state index in [9.17, 15) is 4.39 Å². The summed E-state index contributed by atoms with van der Waals surface area (Å²) in [6.45, 7) is 4.11. The Kier molecular flexibility index (Phi) is 4.89. The molecule has 0 spiro atoms. The molecule has 0 N–H and O–H groups in total. The van der Waals surface area contributed by atoms with Crippen LogP contribution in [0.15, 0.2) is 18.2 Å². The summed E-state index contributed by atoms with van der Waals surface area (Å²) in [5, 5.41) is 0.620. The molecule has 1 aromatic rings. The molecule has 1 aromatic carbocycles. The first-order valence-electron chi connectivity index (χ1n) is 5.17. The van der Waals surface area contributed by atoms with Gasteiger partial charge in [0.2, 0.25) is 0 Å². The molecule has 0 aliphatic carbocycles. The van der Waals surface area contributed by atoms with E-state index in [2.05, 4.69) is 0 Å². The molecule has 0 amide bonds. The van der Waals surface area contributed by atoms with Crippen LogP contribution in [0.4, 0.5) is 4.39 Å². The summed E-state index contributed by atoms with van der Waals surface area (Å²) in [6, 6.07) is 5.34. The Morgan fingerprint density at radius 2 is 2.20 bits per heavy atom. The Morgan fingerprint density at radius 1 is 1.47 bits per heavy atom. The molecular weight excluding hydrogens is 215 g/mol. The zero-order chi connectivity index (χ0) is 11.3. The first-order valence-corrected chi connectivity index (χ1v) is 5.55. The van der Waals surface area contributed by atoms with Crippen LogP contribution in [0, 0.1) is 0 Å². The van der Waals surface area contributed by atoms with Gasteiger partial charge in [-0.25, -0.2) is 0 Å². The van der Waals surface area contributed by atoms with E-state index in [1.165, 1.54) is 0 Å². The molecule has 0 aliphatic rings. The third-order valence-electron chi connectivity index (χ3n) is 2.20. The van der Waals surface area contributed by atoms with Crippen LogP contribution in [0.3, 0.4) is 0 Å². The summed E-state index contributed by atoms with van der Waals surface area (Å²) < 4.78 is 18.1. The van der Waals surface area contributed by atoms with Crippen molar-refractivity contribution < 1.29 is 9.13 Å². The van der Waals surface area contributed by atoms with E-state index in [0.29, 0.717) is 11.6 Å². The van der Waals surface area contributed by atoms with Crippen LogP contribution >= 0.6 is 11.6 Å². The average Bonchev–Trinajstić information content (AvgIpc) is 2.26. The smallest absolute Gasteiger partial charge is 0.122 e. The molecule has 0 bridgehead atoms. The molecule has 1 nitrogen and oxygen atoms in total. The lowest BCUT2D eigenvalue weighted by Gasteiger charge is -2.14. The molecule has 0 aromatic heterocycles. The largest absolute Gasteiger partial charge is 0.493 e. The minimum atomic E-state index is -0.400. The fourth-order valence-electron chi connectivity index (χ4n) is 1.33. The van der Waals surface area contributed by atoms with Gasteiger partial charge in [-0.05, 0) is 24.6 Å². The highest BCUT2D eigenvalue weighted by molar-refractivity contribution is 6.30. The van der Waals surface area contributed by atoms with Crippen LogP contribution in [0.1, 0.15) is 31.7 Å². The fourth-order valence-corrected chi connectivity index (χ4v) is 1.51. The lowest BCUT2D eigenvalue weighted by molar-refractivity contribution is 0.310. The second-order valence-electron chi connectivity index (χ2n) is 3.59. The lowest BCUT2D eigenvalue weighted by Crippen LogP contribution is -2.03. The van der Waals surface area contributed by atoms with Crippen molar-refractivity contribution in [3.63, 3.8) is 0 Å². The van der Waals surface area contributed by atoms with Gasteiger partial charge in [0.25, 0.3) is 0 Å². The van der Waals surface area contributed by atoms with E-state index in [1.807, 2.05) is 13.8 Å². The minimum Gasteiger partial charge on any atom is -0.493 e. The van der Waals surface area contributed by atoms with Gasteiger partial charge in [-0.2, -0.15) is 0 Å². The maximum absolute atomic E-state index is 12.6. The highest BCUT2D eigenvalue weighted by Gasteiger charge is 2.12. The van der Waals surface area contributed by atoms with Gasteiger partial charge in [0.1, 0.15) is 5.75 Å². The summed E-state index contributed by atoms with van der Waals surface area (Å²) in [4.78, 5) is 0. The summed E-state index contributed by atoms with van der Waals surface area (Å²) in [5.41, 5.74) is 0.846. The molecule has 1 unspecified atom stereocenters. The molecule has 84 valence electrons. The second-order valence-corrected chi connectivity index (χ2v) is 4.02. The van der Waals surface area contributed by atoms with E-state index < -0.39 is 6.67 Å². The number of rotatable bonds is 5. The van der Waals surface area contributed by atoms with Crippen molar-refractivity contribution in [3.05, 3.63) is 28.8 Å². The lowest BCUT2D eigenvalue weighted by atomic mass is 10.0. The molecule has 1 rings (SSSR count). The zero-order valence-corrected chi connectivity index (χ0v) is 9.85. The quantitative estimate of drug-likeness (QED) is 0.737. The van der Waals surface area contributed by atoms with Crippen LogP contribution in [0.5, 0.6) is 5.75 Å². The third-order valence-corrected chi connectivity index (χ3v) is 2.43. The van der Waals surface area contributed by atoms with Gasteiger partial charge >= 0.3 is 0 Å². The van der Waals surface area contributed by atoms with Crippen molar-refractivity contribution in [1.82, 2.24) is 0 Å². The third kappa shape index (κ3) is 3.38. The van der Waals surface area contributed by atoms with Crippen LogP contribution in [0.25, 0.3) is 0 Å². The number of hydrogen-bond acceptors (Lipinski definition) is 1. The van der Waals surface area contributed by atoms with Crippen molar-refractivity contribution in [2.24, 2.45) is 0 Å². The van der Waals surface area contributed by atoms with Crippen LogP contribution in [-0.4, -0.2) is 13.3 Å². The van der Waals surface area contributed by atoms with Crippen LogP contribution < -0.4 is 4.74 Å². The predicted molar refractivity (Wildman–Crippen MR) is 61.6 cm³/mol. The Morgan fingerprint density at radius 3 is 2.80 bits per heavy atom. The van der Waals surface area contributed by atoms with Gasteiger partial charge in [-0.15, -0.1) is 0 Å². The SMILES string of the molecule is CCCOc1ccc(Cl)cc1C(C)CF. The standard InChI is InChI=1S/C12H16ClFO/c1-3-6-15-12-5-4-10(13)7-11(12)9(2)8-14/h4-5,7,9H,3,6,8H2,1-2H3. The number of benzene rings is 1. The molecule has 0 fully saturated rings. The predicted octanol–water partition coefficient (Wildman–Crippen LogP) is 4.20. The first kappa shape index (κ1) is 12.3. The molecule has 15 heavy (non-hydrogen) atoms. The highest BCUT2D eigenvalue weighted by atomic mass is 35.5. The van der Waals surface area contributed by atoms with Crippen molar-refractivity contribution in [3.8, 4) is 5.75 Å². The van der Waals surface area contributed by atoms with Gasteiger partial charge < -0.3 is 4.74 Å². The van der Waals surface area contributed by atoms with E-state index in [-0.39, 0.29) is 5.92 Å². The zero-order valence-electron chi connectivity index (χ0n) is 9.09. The Bertz CT molecular complexity index is 314. The Labute approximate surface area is 95.2 Å². The molecule has 0 saturated carbocycles. The molecular formula is C12H16ClFO. The van der Waals surface area contributed by atoms with Crippen molar-refractivity contribution in [2.45, 2.75) is 26.2 Å². The summed E-state index contributed by atoms with van der Waals surface area (Å²) in [5.74, 6) is 0.571. The number of halogens is 2. The van der Waals surface area contributed by atoms with E-state index >= 15 is 0 Å². The Hall–Kier alpha value is -0.760. The van der Waals surface area contributed by atoms with Gasteiger partial charge in [0.05, 0.1) is 13.3 Å². The Balaban J connectivity index is 2.92. The maximum atomic E-state index is 12.6. The van der Waals surface area contributed by atoms with E-state index in [0.717, 1.165) is 17.7 Å². The molecule has 0 heterocycles. The van der Waals surface area contributed by atoms with E-state index in [1.54, 1.807) is 18.2 Å². The van der Waals surface area contributed by atoms with Crippen LogP contribution in [-0.2, 0) is 0 Å². The minimum absolute atomic E-state index is 0.171. The van der Waals surface area contributed by atoms with Gasteiger partial charge in [0, 0.05) is 16.5 Å². The van der Waals surface area contributed by atoms with Gasteiger partial charge in [-0.1, -0.05) is 25.4 Å². The normalized spacial score (nSPS) is 12.5. The summed E-state index contributed by atoms with van der Waals surface area (Å²) in [6.07, 6.45) is 0.937. The molecule has 0 aliphatic heterocycles. The summed E-state index contributed by atoms with van der Waals surface area (Å²) in [7, 11) is 0. The molecule has 0 radical (unpaired) electrons. The number of ether oxygens (including phenoxy) is 1. The highest BCUT2D eigenvalue weighted by Crippen LogP contribution is 2.30. The number of alkyl halides is 1. The fraction of sp³-hybridized carbons (Fsp3) is 0.500. The van der Waals surface area contributed by atoms with E-state index in [4.69, 9.17) is 16.3 Å². The topological polar surface area (TPSA) is 9.23 Å². The van der Waals surface area contributed by atoms with Crippen molar-refractivity contribution in [2.75, 3.05) is 13.3 Å². The average molecular weight is 231 g/mol. The molecule has 0 saturated heterocycles. The maximum Gasteiger partial charge on any atom is 0.122 e. The van der Waals surface area contributed by atoms with Crippen molar-refractivity contribution in [1.29, 1.82) is 0 Å². The number of hydrogen-bond donors (Lipinski definition) is 0. The van der Waals surface area contributed by atoms with Crippen LogP contribution in [0.2, 0.25) is 5.02 Å². The summed E-state index contributed by atoms with van der Waals surface area (Å²) >= 11 is 5.87. The van der Waals surface area contributed by atoms with Gasteiger partial charge in [0.15, 0.2) is 0 Å². The molecule has 1 atom stereocenters. The molecule has 3 heteroatoms. The van der Waals surface area contributed by atoms with Crippen molar-refractivity contribution >= 4 is 11.6 Å². The van der Waals surface area contributed by atoms with Gasteiger partial charge in [-0.3, -0.25) is 4.39 Å². The first-order chi connectivity index (χ1) is 7.19. The second kappa shape index (κ2) is 5.96.